The van der Waals surface area contributed by atoms with Gasteiger partial charge in [-0.05, 0) is 26.3 Å². The molecule has 7 nitrogen and oxygen atoms in total. The van der Waals surface area contributed by atoms with E-state index in [1.165, 1.54) is 30.2 Å². The van der Waals surface area contributed by atoms with E-state index in [-0.39, 0.29) is 29.6 Å². The van der Waals surface area contributed by atoms with Crippen LogP contribution in [0, 0.1) is 10.1 Å². The van der Waals surface area contributed by atoms with Crippen molar-refractivity contribution in [2.24, 2.45) is 0 Å². The Hall–Kier alpha value is -2.15. The molecule has 0 radical (unpaired) electrons. The van der Waals surface area contributed by atoms with Gasteiger partial charge in [0.25, 0.3) is 11.6 Å². The molecule has 0 atom stereocenters. The van der Waals surface area contributed by atoms with E-state index in [0.29, 0.717) is 13.0 Å². The van der Waals surface area contributed by atoms with E-state index >= 15 is 0 Å². The third kappa shape index (κ3) is 3.91. The SMILES string of the molecule is COc1cccc([N+](=O)[O-])c1C(=O)N(CCCO)C(C)C. The van der Waals surface area contributed by atoms with Gasteiger partial charge in [-0.15, -0.1) is 0 Å². The number of aliphatic hydroxyl groups excluding tert-OH is 1. The highest BCUT2D eigenvalue weighted by Crippen LogP contribution is 2.30. The number of ether oxygens (including phenoxy) is 1. The van der Waals surface area contributed by atoms with Crippen LogP contribution in [-0.4, -0.2) is 47.1 Å². The first-order valence-corrected chi connectivity index (χ1v) is 6.67. The summed E-state index contributed by atoms with van der Waals surface area (Å²) in [7, 11) is 1.36. The third-order valence-corrected chi connectivity index (χ3v) is 3.08. The maximum absolute atomic E-state index is 12.7. The van der Waals surface area contributed by atoms with Crippen molar-refractivity contribution in [3.63, 3.8) is 0 Å². The minimum absolute atomic E-state index is 0.0511. The summed E-state index contributed by atoms with van der Waals surface area (Å²) in [5.74, 6) is -0.300. The van der Waals surface area contributed by atoms with Crippen LogP contribution in [-0.2, 0) is 0 Å². The van der Waals surface area contributed by atoms with Crippen molar-refractivity contribution in [1.82, 2.24) is 4.90 Å². The molecule has 1 rings (SSSR count). The van der Waals surface area contributed by atoms with Crippen LogP contribution in [0.2, 0.25) is 0 Å². The molecule has 0 aliphatic rings. The van der Waals surface area contributed by atoms with Crippen molar-refractivity contribution in [3.05, 3.63) is 33.9 Å². The first-order chi connectivity index (χ1) is 9.93. The standard InChI is InChI=1S/C14H20N2O5/c1-10(2)15(8-5-9-17)14(18)13-11(16(19)20)6-4-7-12(13)21-3/h4,6-7,10,17H,5,8-9H2,1-3H3. The topological polar surface area (TPSA) is 92.9 Å². The smallest absolute Gasteiger partial charge is 0.285 e. The van der Waals surface area contributed by atoms with Gasteiger partial charge in [0.1, 0.15) is 5.75 Å². The quantitative estimate of drug-likeness (QED) is 0.612. The Bertz CT molecular complexity index is 516. The van der Waals surface area contributed by atoms with E-state index in [1.54, 1.807) is 0 Å². The molecule has 116 valence electrons. The number of benzene rings is 1. The summed E-state index contributed by atoms with van der Waals surface area (Å²) in [4.78, 5) is 24.7. The number of carbonyl (C=O) groups excluding carboxylic acids is 1. The fourth-order valence-electron chi connectivity index (χ4n) is 2.04. The van der Waals surface area contributed by atoms with Crippen LogP contribution < -0.4 is 4.74 Å². The number of amides is 1. The van der Waals surface area contributed by atoms with Crippen molar-refractivity contribution in [1.29, 1.82) is 0 Å². The van der Waals surface area contributed by atoms with Gasteiger partial charge in [0.05, 0.1) is 12.0 Å². The lowest BCUT2D eigenvalue weighted by Crippen LogP contribution is -2.38. The molecule has 0 fully saturated rings. The number of nitro groups is 1. The van der Waals surface area contributed by atoms with Crippen molar-refractivity contribution >= 4 is 11.6 Å². The summed E-state index contributed by atoms with van der Waals surface area (Å²) in [6.45, 7) is 3.90. The Kier molecular flexibility index (Phi) is 6.10. The number of rotatable bonds is 7. The summed E-state index contributed by atoms with van der Waals surface area (Å²) in [6.07, 6.45) is 0.410. The van der Waals surface area contributed by atoms with E-state index in [2.05, 4.69) is 0 Å². The number of hydrogen-bond donors (Lipinski definition) is 1. The lowest BCUT2D eigenvalue weighted by molar-refractivity contribution is -0.385. The third-order valence-electron chi connectivity index (χ3n) is 3.08. The van der Waals surface area contributed by atoms with Gasteiger partial charge < -0.3 is 14.7 Å². The van der Waals surface area contributed by atoms with E-state index in [9.17, 15) is 14.9 Å². The van der Waals surface area contributed by atoms with Crippen LogP contribution in [0.4, 0.5) is 5.69 Å². The number of nitro benzene ring substituents is 1. The van der Waals surface area contributed by atoms with Gasteiger partial charge in [0.15, 0.2) is 5.56 Å². The number of methoxy groups -OCH3 is 1. The lowest BCUT2D eigenvalue weighted by Gasteiger charge is -2.27. The van der Waals surface area contributed by atoms with Gasteiger partial charge in [-0.3, -0.25) is 14.9 Å². The molecule has 0 saturated heterocycles. The van der Waals surface area contributed by atoms with Crippen molar-refractivity contribution in [2.45, 2.75) is 26.3 Å². The predicted octanol–water partition coefficient (Wildman–Crippen LogP) is 1.84. The fraction of sp³-hybridized carbons (Fsp3) is 0.500. The molecule has 1 aromatic carbocycles. The van der Waals surface area contributed by atoms with Crippen LogP contribution in [0.5, 0.6) is 5.75 Å². The normalized spacial score (nSPS) is 10.5. The van der Waals surface area contributed by atoms with Crippen LogP contribution in [0.25, 0.3) is 0 Å². The van der Waals surface area contributed by atoms with Gasteiger partial charge in [-0.1, -0.05) is 6.07 Å². The summed E-state index contributed by atoms with van der Waals surface area (Å²) in [5, 5.41) is 20.1. The van der Waals surface area contributed by atoms with Gasteiger partial charge >= 0.3 is 0 Å². The molecule has 21 heavy (non-hydrogen) atoms. The Morgan fingerprint density at radius 2 is 2.14 bits per heavy atom. The van der Waals surface area contributed by atoms with Crippen molar-refractivity contribution in [3.8, 4) is 5.75 Å². The molecule has 0 heterocycles. The Morgan fingerprint density at radius 3 is 2.62 bits per heavy atom. The molecular weight excluding hydrogens is 276 g/mol. The average molecular weight is 296 g/mol. The largest absolute Gasteiger partial charge is 0.496 e. The molecular formula is C14H20N2O5. The highest BCUT2D eigenvalue weighted by Gasteiger charge is 2.29. The monoisotopic (exact) mass is 296 g/mol. The molecule has 0 bridgehead atoms. The Labute approximate surface area is 123 Å². The molecule has 0 saturated carbocycles. The molecule has 1 aromatic rings. The summed E-state index contributed by atoms with van der Waals surface area (Å²) in [6, 6.07) is 4.13. The molecule has 0 aliphatic heterocycles. The van der Waals surface area contributed by atoms with E-state index in [1.807, 2.05) is 13.8 Å². The van der Waals surface area contributed by atoms with E-state index in [0.717, 1.165) is 0 Å². The fourth-order valence-corrected chi connectivity index (χ4v) is 2.04. The number of nitrogens with zero attached hydrogens (tertiary/aromatic N) is 2. The Balaban J connectivity index is 3.28. The van der Waals surface area contributed by atoms with Crippen LogP contribution in [0.15, 0.2) is 18.2 Å². The van der Waals surface area contributed by atoms with E-state index in [4.69, 9.17) is 9.84 Å². The van der Waals surface area contributed by atoms with Gasteiger partial charge in [-0.2, -0.15) is 0 Å². The first-order valence-electron chi connectivity index (χ1n) is 6.67. The second kappa shape index (κ2) is 7.58. The van der Waals surface area contributed by atoms with Crippen LogP contribution in [0.1, 0.15) is 30.6 Å². The summed E-state index contributed by atoms with van der Waals surface area (Å²) >= 11 is 0. The zero-order valence-electron chi connectivity index (χ0n) is 12.4. The molecule has 7 heteroatoms. The van der Waals surface area contributed by atoms with Gasteiger partial charge in [0.2, 0.25) is 0 Å². The second-order valence-electron chi connectivity index (χ2n) is 4.78. The molecule has 0 aliphatic carbocycles. The molecule has 0 aromatic heterocycles. The van der Waals surface area contributed by atoms with Crippen LogP contribution in [0.3, 0.4) is 0 Å². The highest BCUT2D eigenvalue weighted by molar-refractivity contribution is 6.01. The number of aliphatic hydroxyl groups is 1. The minimum Gasteiger partial charge on any atom is -0.496 e. The average Bonchev–Trinajstić information content (AvgIpc) is 2.46. The molecule has 1 amide bonds. The zero-order chi connectivity index (χ0) is 16.0. The maximum Gasteiger partial charge on any atom is 0.285 e. The van der Waals surface area contributed by atoms with E-state index < -0.39 is 10.8 Å². The highest BCUT2D eigenvalue weighted by atomic mass is 16.6. The number of carbonyl (C=O) groups is 1. The summed E-state index contributed by atoms with van der Waals surface area (Å²) in [5.41, 5.74) is -0.342. The maximum atomic E-state index is 12.7. The number of hydrogen-bond acceptors (Lipinski definition) is 5. The molecule has 1 N–H and O–H groups in total. The van der Waals surface area contributed by atoms with Crippen LogP contribution >= 0.6 is 0 Å². The minimum atomic E-state index is -0.597. The molecule has 0 unspecified atom stereocenters. The summed E-state index contributed by atoms with van der Waals surface area (Å²) < 4.78 is 5.09. The van der Waals surface area contributed by atoms with Crippen molar-refractivity contribution in [2.75, 3.05) is 20.3 Å². The molecule has 0 spiro atoms. The van der Waals surface area contributed by atoms with Crippen molar-refractivity contribution < 1.29 is 19.6 Å². The first kappa shape index (κ1) is 16.9. The van der Waals surface area contributed by atoms with Gasteiger partial charge in [-0.25, -0.2) is 0 Å². The van der Waals surface area contributed by atoms with Gasteiger partial charge in [0, 0.05) is 25.3 Å². The Morgan fingerprint density at radius 1 is 1.48 bits per heavy atom. The zero-order valence-corrected chi connectivity index (χ0v) is 12.4. The lowest BCUT2D eigenvalue weighted by atomic mass is 10.1. The predicted molar refractivity (Wildman–Crippen MR) is 77.5 cm³/mol. The second-order valence-corrected chi connectivity index (χ2v) is 4.78.